The van der Waals surface area contributed by atoms with Crippen molar-refractivity contribution >= 4 is 43.0 Å². The van der Waals surface area contributed by atoms with Crippen molar-refractivity contribution in [1.29, 1.82) is 0 Å². The van der Waals surface area contributed by atoms with E-state index in [1.165, 1.54) is 17.0 Å². The van der Waals surface area contributed by atoms with Gasteiger partial charge in [0, 0.05) is 45.0 Å². The molecule has 12 heteroatoms. The van der Waals surface area contributed by atoms with Gasteiger partial charge in [0.1, 0.15) is 5.01 Å². The van der Waals surface area contributed by atoms with Crippen LogP contribution < -0.4 is 15.5 Å². The third kappa shape index (κ3) is 5.50. The molecule has 1 unspecified atom stereocenters. The third-order valence-corrected chi connectivity index (χ3v) is 8.81. The fourth-order valence-corrected chi connectivity index (χ4v) is 6.98. The van der Waals surface area contributed by atoms with Crippen molar-refractivity contribution in [2.45, 2.75) is 25.6 Å². The van der Waals surface area contributed by atoms with Crippen LogP contribution in [-0.4, -0.2) is 61.9 Å². The maximum Gasteiger partial charge on any atom is 0.245 e. The molecule has 0 radical (unpaired) electrons. The van der Waals surface area contributed by atoms with Gasteiger partial charge in [-0.25, -0.2) is 13.4 Å². The summed E-state index contributed by atoms with van der Waals surface area (Å²) < 4.78 is 31.3. The van der Waals surface area contributed by atoms with Crippen molar-refractivity contribution in [3.05, 3.63) is 58.8 Å². The molecule has 37 heavy (non-hydrogen) atoms. The number of nitrogens with one attached hydrogen (secondary N) is 2. The smallest absolute Gasteiger partial charge is 0.245 e. The van der Waals surface area contributed by atoms with E-state index in [-0.39, 0.29) is 17.4 Å². The van der Waals surface area contributed by atoms with Gasteiger partial charge in [-0.15, -0.1) is 21.5 Å². The van der Waals surface area contributed by atoms with Gasteiger partial charge in [-0.2, -0.15) is 0 Å². The normalized spacial score (nSPS) is 15.2. The zero-order chi connectivity index (χ0) is 26.2. The van der Waals surface area contributed by atoms with E-state index in [9.17, 15) is 13.2 Å². The lowest BCUT2D eigenvalue weighted by Gasteiger charge is -2.29. The Balaban J connectivity index is 1.42. The number of rotatable bonds is 7. The summed E-state index contributed by atoms with van der Waals surface area (Å²) >= 11 is 1.21. The average Bonchev–Trinajstić information content (AvgIpc) is 3.47. The molecule has 0 saturated carbocycles. The number of thiazole rings is 1. The SMILES string of the molecule is Cc1nnc(CNC(=O)C(c2nc3cc(C)c(-c4ccc(N5CCNCC5)cc4)cc3s2)S(C)(=O)=O)o1. The van der Waals surface area contributed by atoms with Gasteiger partial charge >= 0.3 is 0 Å². The molecule has 1 amide bonds. The zero-order valence-electron chi connectivity index (χ0n) is 20.8. The van der Waals surface area contributed by atoms with Crippen LogP contribution in [0.15, 0.2) is 40.8 Å². The summed E-state index contributed by atoms with van der Waals surface area (Å²) in [6, 6.07) is 12.4. The van der Waals surface area contributed by atoms with E-state index >= 15 is 0 Å². The highest BCUT2D eigenvalue weighted by molar-refractivity contribution is 7.91. The Morgan fingerprint density at radius 2 is 1.89 bits per heavy atom. The zero-order valence-corrected chi connectivity index (χ0v) is 22.4. The fraction of sp³-hybridized carbons (Fsp3) is 0.360. The van der Waals surface area contributed by atoms with Crippen LogP contribution in [-0.2, 0) is 21.2 Å². The molecular formula is C25H28N6O4S2. The Morgan fingerprint density at radius 1 is 1.16 bits per heavy atom. The van der Waals surface area contributed by atoms with Crippen molar-refractivity contribution in [3.8, 4) is 11.1 Å². The largest absolute Gasteiger partial charge is 0.424 e. The fourth-order valence-electron chi connectivity index (χ4n) is 4.45. The van der Waals surface area contributed by atoms with Crippen LogP contribution in [0, 0.1) is 13.8 Å². The molecule has 4 aromatic rings. The van der Waals surface area contributed by atoms with Crippen LogP contribution in [0.4, 0.5) is 5.69 Å². The summed E-state index contributed by atoms with van der Waals surface area (Å²) in [6.07, 6.45) is 1.04. The summed E-state index contributed by atoms with van der Waals surface area (Å²) in [5, 5.41) is 12.3. The van der Waals surface area contributed by atoms with E-state index < -0.39 is 21.0 Å². The number of hydrogen-bond acceptors (Lipinski definition) is 10. The van der Waals surface area contributed by atoms with Crippen LogP contribution in [0.25, 0.3) is 21.3 Å². The number of benzene rings is 2. The second-order valence-electron chi connectivity index (χ2n) is 9.11. The molecule has 1 fully saturated rings. The number of aromatic nitrogens is 3. The van der Waals surface area contributed by atoms with Gasteiger partial charge in [0.05, 0.1) is 16.8 Å². The third-order valence-electron chi connectivity index (χ3n) is 6.28. The van der Waals surface area contributed by atoms with Gasteiger partial charge in [0.25, 0.3) is 0 Å². The van der Waals surface area contributed by atoms with Crippen LogP contribution in [0.5, 0.6) is 0 Å². The van der Waals surface area contributed by atoms with E-state index in [0.717, 1.165) is 53.8 Å². The summed E-state index contributed by atoms with van der Waals surface area (Å²) in [7, 11) is -3.79. The highest BCUT2D eigenvalue weighted by Crippen LogP contribution is 2.35. The molecule has 0 bridgehead atoms. The monoisotopic (exact) mass is 540 g/mol. The molecule has 1 atom stereocenters. The number of aryl methyl sites for hydroxylation is 2. The first-order valence-electron chi connectivity index (χ1n) is 11.9. The van der Waals surface area contributed by atoms with Crippen molar-refractivity contribution < 1.29 is 17.6 Å². The molecule has 1 aliphatic rings. The molecule has 0 aliphatic carbocycles. The van der Waals surface area contributed by atoms with Crippen LogP contribution in [0.1, 0.15) is 27.6 Å². The van der Waals surface area contributed by atoms with Gasteiger partial charge in [-0.3, -0.25) is 4.79 Å². The van der Waals surface area contributed by atoms with Gasteiger partial charge < -0.3 is 20.0 Å². The second kappa shape index (κ2) is 10.2. The number of fused-ring (bicyclic) bond motifs is 1. The quantitative estimate of drug-likeness (QED) is 0.363. The maximum absolute atomic E-state index is 12.9. The predicted octanol–water partition coefficient (Wildman–Crippen LogP) is 2.77. The lowest BCUT2D eigenvalue weighted by molar-refractivity contribution is -0.121. The standard InChI is InChI=1S/C25H28N6O4S2/c1-15-12-20-21(13-19(15)17-4-6-18(7-5-17)31-10-8-26-9-11-31)36-25(28-20)23(37(3,33)34)24(32)27-14-22-30-29-16(2)35-22/h4-7,12-13,23,26H,8-11,14H2,1-3H3,(H,27,32). The number of anilines is 1. The highest BCUT2D eigenvalue weighted by atomic mass is 32.2. The number of carbonyl (C=O) groups is 1. The van der Waals surface area contributed by atoms with Gasteiger partial charge in [-0.05, 0) is 47.9 Å². The molecule has 2 N–H and O–H groups in total. The van der Waals surface area contributed by atoms with Gasteiger partial charge in [0.2, 0.25) is 17.7 Å². The van der Waals surface area contributed by atoms with E-state index in [1.807, 2.05) is 19.1 Å². The minimum absolute atomic E-state index is 0.0657. The number of hydrogen-bond donors (Lipinski definition) is 2. The minimum atomic E-state index is -3.79. The first-order chi connectivity index (χ1) is 17.7. The molecule has 1 aliphatic heterocycles. The lowest BCUT2D eigenvalue weighted by Crippen LogP contribution is -2.43. The van der Waals surface area contributed by atoms with Crippen molar-refractivity contribution in [2.24, 2.45) is 0 Å². The van der Waals surface area contributed by atoms with Crippen LogP contribution in [0.3, 0.4) is 0 Å². The van der Waals surface area contributed by atoms with Crippen LogP contribution in [0.2, 0.25) is 0 Å². The van der Waals surface area contributed by atoms with E-state index in [2.05, 4.69) is 55.0 Å². The topological polar surface area (TPSA) is 130 Å². The maximum atomic E-state index is 12.9. The number of amides is 1. The number of piperazine rings is 1. The Kier molecular flexibility index (Phi) is 6.97. The average molecular weight is 541 g/mol. The van der Waals surface area contributed by atoms with Gasteiger partial charge in [0.15, 0.2) is 15.1 Å². The van der Waals surface area contributed by atoms with E-state index in [1.54, 1.807) is 6.92 Å². The number of nitrogens with zero attached hydrogens (tertiary/aromatic N) is 4. The molecule has 5 rings (SSSR count). The van der Waals surface area contributed by atoms with E-state index in [4.69, 9.17) is 4.42 Å². The summed E-state index contributed by atoms with van der Waals surface area (Å²) in [4.78, 5) is 19.9. The molecule has 2 aromatic carbocycles. The lowest BCUT2D eigenvalue weighted by atomic mass is 10.00. The first-order valence-corrected chi connectivity index (χ1v) is 14.7. The first kappa shape index (κ1) is 25.3. The number of sulfone groups is 1. The van der Waals surface area contributed by atoms with Crippen molar-refractivity contribution in [2.75, 3.05) is 37.3 Å². The van der Waals surface area contributed by atoms with Crippen molar-refractivity contribution in [1.82, 2.24) is 25.8 Å². The minimum Gasteiger partial charge on any atom is -0.424 e. The van der Waals surface area contributed by atoms with Gasteiger partial charge in [-0.1, -0.05) is 12.1 Å². The summed E-state index contributed by atoms with van der Waals surface area (Å²) in [5.41, 5.74) is 4.99. The Labute approximate surface area is 219 Å². The Hall–Kier alpha value is -3.35. The Morgan fingerprint density at radius 3 is 2.54 bits per heavy atom. The number of carbonyl (C=O) groups excluding carboxylic acids is 1. The molecule has 2 aromatic heterocycles. The predicted molar refractivity (Wildman–Crippen MR) is 143 cm³/mol. The molecular weight excluding hydrogens is 512 g/mol. The Bertz CT molecular complexity index is 1540. The second-order valence-corrected chi connectivity index (χ2v) is 12.3. The van der Waals surface area contributed by atoms with E-state index in [0.29, 0.717) is 11.4 Å². The molecule has 194 valence electrons. The molecule has 10 nitrogen and oxygen atoms in total. The summed E-state index contributed by atoms with van der Waals surface area (Å²) in [5.74, 6) is -0.122. The van der Waals surface area contributed by atoms with Crippen LogP contribution >= 0.6 is 11.3 Å². The molecule has 3 heterocycles. The highest BCUT2D eigenvalue weighted by Gasteiger charge is 2.34. The molecule has 1 saturated heterocycles. The molecule has 0 spiro atoms. The van der Waals surface area contributed by atoms with Crippen molar-refractivity contribution in [3.63, 3.8) is 0 Å². The summed E-state index contributed by atoms with van der Waals surface area (Å²) in [6.45, 7) is 7.50.